The summed E-state index contributed by atoms with van der Waals surface area (Å²) in [6.07, 6.45) is 2.60. The van der Waals surface area contributed by atoms with Gasteiger partial charge in [0.05, 0.1) is 7.11 Å². The summed E-state index contributed by atoms with van der Waals surface area (Å²) in [5.74, 6) is 0.977. The van der Waals surface area contributed by atoms with E-state index in [9.17, 15) is 4.79 Å². The summed E-state index contributed by atoms with van der Waals surface area (Å²) in [5.41, 5.74) is 6.78. The van der Waals surface area contributed by atoms with Gasteiger partial charge in [0.1, 0.15) is 5.75 Å². The van der Waals surface area contributed by atoms with Crippen molar-refractivity contribution < 1.29 is 9.53 Å². The summed E-state index contributed by atoms with van der Waals surface area (Å²) in [6, 6.07) is 8.14. The zero-order valence-electron chi connectivity index (χ0n) is 12.0. The van der Waals surface area contributed by atoms with Crippen LogP contribution in [0, 0.1) is 0 Å². The molecule has 1 aliphatic carbocycles. The molecular weight excluding hydrogens is 276 g/mol. The van der Waals surface area contributed by atoms with E-state index in [0.29, 0.717) is 19.0 Å². The Morgan fingerprint density at radius 1 is 1.45 bits per heavy atom. The van der Waals surface area contributed by atoms with Gasteiger partial charge in [0.2, 0.25) is 5.91 Å². The van der Waals surface area contributed by atoms with Crippen LogP contribution in [0.4, 0.5) is 0 Å². The van der Waals surface area contributed by atoms with E-state index in [2.05, 4.69) is 0 Å². The first kappa shape index (κ1) is 16.8. The highest BCUT2D eigenvalue weighted by Gasteiger charge is 2.33. The first-order valence-corrected chi connectivity index (χ1v) is 6.78. The topological polar surface area (TPSA) is 55.6 Å². The number of halogens is 1. The third kappa shape index (κ3) is 4.39. The predicted molar refractivity (Wildman–Crippen MR) is 82.1 cm³/mol. The maximum atomic E-state index is 12.2. The van der Waals surface area contributed by atoms with Gasteiger partial charge in [0.15, 0.2) is 0 Å². The number of hydrogen-bond donors (Lipinski definition) is 1. The van der Waals surface area contributed by atoms with Crippen LogP contribution in [0.2, 0.25) is 0 Å². The molecule has 1 aliphatic rings. The van der Waals surface area contributed by atoms with E-state index in [4.69, 9.17) is 10.5 Å². The van der Waals surface area contributed by atoms with E-state index in [1.54, 1.807) is 7.11 Å². The summed E-state index contributed by atoms with van der Waals surface area (Å²) in [4.78, 5) is 14.2. The Labute approximate surface area is 126 Å². The van der Waals surface area contributed by atoms with Crippen LogP contribution in [-0.2, 0) is 11.3 Å². The van der Waals surface area contributed by atoms with Crippen molar-refractivity contribution in [1.29, 1.82) is 0 Å². The van der Waals surface area contributed by atoms with Gasteiger partial charge in [-0.2, -0.15) is 0 Å². The molecular formula is C15H23ClN2O2. The van der Waals surface area contributed by atoms with Crippen molar-refractivity contribution in [3.8, 4) is 5.75 Å². The van der Waals surface area contributed by atoms with Crippen LogP contribution in [-0.4, -0.2) is 30.0 Å². The van der Waals surface area contributed by atoms with Gasteiger partial charge in [0.25, 0.3) is 0 Å². The van der Waals surface area contributed by atoms with Gasteiger partial charge < -0.3 is 15.4 Å². The molecule has 4 nitrogen and oxygen atoms in total. The molecule has 0 spiro atoms. The highest BCUT2D eigenvalue weighted by molar-refractivity contribution is 5.85. The second-order valence-corrected chi connectivity index (χ2v) is 5.25. The smallest absolute Gasteiger partial charge is 0.224 e. The molecule has 20 heavy (non-hydrogen) atoms. The monoisotopic (exact) mass is 298 g/mol. The van der Waals surface area contributed by atoms with E-state index in [1.807, 2.05) is 36.1 Å². The maximum Gasteiger partial charge on any atom is 0.224 e. The molecule has 0 aliphatic heterocycles. The fraction of sp³-hybridized carbons (Fsp3) is 0.533. The van der Waals surface area contributed by atoms with Crippen molar-refractivity contribution in [1.82, 2.24) is 4.90 Å². The van der Waals surface area contributed by atoms with Gasteiger partial charge >= 0.3 is 0 Å². The van der Waals surface area contributed by atoms with Crippen molar-refractivity contribution >= 4 is 18.3 Å². The lowest BCUT2D eigenvalue weighted by Crippen LogP contribution is -2.36. The number of para-hydroxylation sites is 1. The molecule has 1 atom stereocenters. The molecule has 5 heteroatoms. The first-order chi connectivity index (χ1) is 9.11. The molecule has 1 fully saturated rings. The van der Waals surface area contributed by atoms with E-state index < -0.39 is 0 Å². The number of nitrogens with two attached hydrogens (primary N) is 1. The molecule has 0 heterocycles. The molecule has 0 aromatic heterocycles. The van der Waals surface area contributed by atoms with E-state index in [0.717, 1.165) is 24.2 Å². The molecule has 1 unspecified atom stereocenters. The average molecular weight is 299 g/mol. The highest BCUT2D eigenvalue weighted by Crippen LogP contribution is 2.30. The summed E-state index contributed by atoms with van der Waals surface area (Å²) in [6.45, 7) is 2.48. The zero-order valence-corrected chi connectivity index (χ0v) is 12.9. The van der Waals surface area contributed by atoms with Gasteiger partial charge in [-0.05, 0) is 25.8 Å². The Kier molecular flexibility index (Phi) is 6.30. The minimum Gasteiger partial charge on any atom is -0.496 e. The number of methoxy groups -OCH3 is 1. The molecule has 2 N–H and O–H groups in total. The lowest BCUT2D eigenvalue weighted by atomic mass is 10.1. The minimum absolute atomic E-state index is 0. The third-order valence-electron chi connectivity index (χ3n) is 3.34. The molecule has 1 aromatic rings. The van der Waals surface area contributed by atoms with Crippen LogP contribution in [0.1, 0.15) is 31.7 Å². The average Bonchev–Trinajstić information content (AvgIpc) is 3.19. The van der Waals surface area contributed by atoms with Crippen LogP contribution in [0.15, 0.2) is 24.3 Å². The molecule has 0 radical (unpaired) electrons. The lowest BCUT2D eigenvalue weighted by molar-refractivity contribution is -0.132. The third-order valence-corrected chi connectivity index (χ3v) is 3.34. The zero-order chi connectivity index (χ0) is 13.8. The fourth-order valence-electron chi connectivity index (χ4n) is 2.22. The number of benzene rings is 1. The summed E-state index contributed by atoms with van der Waals surface area (Å²) in [5, 5.41) is 0. The predicted octanol–water partition coefficient (Wildman–Crippen LogP) is 2.35. The summed E-state index contributed by atoms with van der Waals surface area (Å²) < 4.78 is 5.34. The number of carbonyl (C=O) groups is 1. The minimum atomic E-state index is -0.0913. The standard InChI is InChI=1S/C15H22N2O2.ClH/c1-11(16)9-15(18)17(13-7-8-13)10-12-5-3-4-6-14(12)19-2;/h3-6,11,13H,7-10,16H2,1-2H3;1H. The van der Waals surface area contributed by atoms with Gasteiger partial charge in [-0.3, -0.25) is 4.79 Å². The second-order valence-electron chi connectivity index (χ2n) is 5.25. The van der Waals surface area contributed by atoms with E-state index >= 15 is 0 Å². The Morgan fingerprint density at radius 3 is 2.65 bits per heavy atom. The SMILES string of the molecule is COc1ccccc1CN(C(=O)CC(C)N)C1CC1.Cl. The van der Waals surface area contributed by atoms with Gasteiger partial charge in [0, 0.05) is 30.6 Å². The molecule has 1 amide bonds. The molecule has 0 bridgehead atoms. The van der Waals surface area contributed by atoms with Crippen molar-refractivity contribution in [2.24, 2.45) is 5.73 Å². The Balaban J connectivity index is 0.00000200. The normalized spacial score (nSPS) is 15.2. The molecule has 2 rings (SSSR count). The Morgan fingerprint density at radius 2 is 2.10 bits per heavy atom. The van der Waals surface area contributed by atoms with Gasteiger partial charge in [-0.15, -0.1) is 12.4 Å². The fourth-order valence-corrected chi connectivity index (χ4v) is 2.22. The summed E-state index contributed by atoms with van der Waals surface area (Å²) >= 11 is 0. The number of amides is 1. The molecule has 1 aromatic carbocycles. The maximum absolute atomic E-state index is 12.2. The van der Waals surface area contributed by atoms with Crippen molar-refractivity contribution in [2.45, 2.75) is 44.8 Å². The number of nitrogens with zero attached hydrogens (tertiary/aromatic N) is 1. The number of ether oxygens (including phenoxy) is 1. The van der Waals surface area contributed by atoms with Crippen molar-refractivity contribution in [3.63, 3.8) is 0 Å². The lowest BCUT2D eigenvalue weighted by Gasteiger charge is -2.24. The molecule has 112 valence electrons. The van der Waals surface area contributed by atoms with Crippen LogP contribution < -0.4 is 10.5 Å². The first-order valence-electron chi connectivity index (χ1n) is 6.78. The van der Waals surface area contributed by atoms with Crippen molar-refractivity contribution in [3.05, 3.63) is 29.8 Å². The van der Waals surface area contributed by atoms with E-state index in [1.165, 1.54) is 0 Å². The number of hydrogen-bond acceptors (Lipinski definition) is 3. The van der Waals surface area contributed by atoms with Crippen LogP contribution in [0.5, 0.6) is 5.75 Å². The van der Waals surface area contributed by atoms with Gasteiger partial charge in [-0.25, -0.2) is 0 Å². The van der Waals surface area contributed by atoms with Gasteiger partial charge in [-0.1, -0.05) is 18.2 Å². The van der Waals surface area contributed by atoms with E-state index in [-0.39, 0.29) is 24.4 Å². The highest BCUT2D eigenvalue weighted by atomic mass is 35.5. The quantitative estimate of drug-likeness (QED) is 0.877. The largest absolute Gasteiger partial charge is 0.496 e. The Bertz CT molecular complexity index is 447. The number of rotatable bonds is 6. The van der Waals surface area contributed by atoms with Crippen LogP contribution in [0.25, 0.3) is 0 Å². The molecule has 1 saturated carbocycles. The Hall–Kier alpha value is -1.26. The molecule has 0 saturated heterocycles. The van der Waals surface area contributed by atoms with Crippen LogP contribution >= 0.6 is 12.4 Å². The summed E-state index contributed by atoms with van der Waals surface area (Å²) in [7, 11) is 1.66. The van der Waals surface area contributed by atoms with Crippen molar-refractivity contribution in [2.75, 3.05) is 7.11 Å². The van der Waals surface area contributed by atoms with Crippen LogP contribution in [0.3, 0.4) is 0 Å². The number of carbonyl (C=O) groups excluding carboxylic acids is 1. The second kappa shape index (κ2) is 7.50.